The van der Waals surface area contributed by atoms with E-state index in [0.717, 1.165) is 46.1 Å². The molecule has 3 N–H and O–H groups in total. The summed E-state index contributed by atoms with van der Waals surface area (Å²) in [7, 11) is -2.10. The molecule has 3 rings (SSSR count). The van der Waals surface area contributed by atoms with Gasteiger partial charge in [-0.1, -0.05) is 25.8 Å². The number of carbonyl (C=O) groups is 2. The predicted octanol–water partition coefficient (Wildman–Crippen LogP) is 2.73. The van der Waals surface area contributed by atoms with E-state index in [1.807, 2.05) is 18.2 Å². The summed E-state index contributed by atoms with van der Waals surface area (Å²) in [6, 6.07) is 7.37. The number of aromatic nitrogens is 3. The first kappa shape index (κ1) is 24.3. The smallest absolute Gasteiger partial charge is 0.406 e. The van der Waals surface area contributed by atoms with Crippen LogP contribution in [-0.2, 0) is 21.3 Å². The van der Waals surface area contributed by atoms with Crippen molar-refractivity contribution in [3.8, 4) is 0 Å². The molecule has 10 nitrogen and oxygen atoms in total. The molecule has 0 unspecified atom stereocenters. The Balaban J connectivity index is 1.69. The van der Waals surface area contributed by atoms with Crippen molar-refractivity contribution in [3.63, 3.8) is 0 Å². The third-order valence-corrected chi connectivity index (χ3v) is 6.33. The van der Waals surface area contributed by atoms with Crippen molar-refractivity contribution in [2.45, 2.75) is 38.6 Å². The molecule has 0 saturated carbocycles. The van der Waals surface area contributed by atoms with E-state index < -0.39 is 22.0 Å². The fourth-order valence-electron chi connectivity index (χ4n) is 3.52. The first-order valence-electron chi connectivity index (χ1n) is 10.7. The molecule has 11 heteroatoms. The molecule has 33 heavy (non-hydrogen) atoms. The molecule has 0 radical (unpaired) electrons. The van der Waals surface area contributed by atoms with Gasteiger partial charge in [-0.25, -0.2) is 18.2 Å². The van der Waals surface area contributed by atoms with Gasteiger partial charge in [-0.2, -0.15) is 0 Å². The Labute approximate surface area is 192 Å². The number of amides is 2. The first-order valence-corrected chi connectivity index (χ1v) is 12.5. The fraction of sp³-hybridized carbons (Fsp3) is 0.409. The van der Waals surface area contributed by atoms with Crippen molar-refractivity contribution >= 4 is 33.1 Å². The topological polar surface area (TPSA) is 135 Å². The minimum atomic E-state index is -3.44. The summed E-state index contributed by atoms with van der Waals surface area (Å²) in [6.45, 7) is 2.76. The van der Waals surface area contributed by atoms with E-state index in [1.54, 1.807) is 0 Å². The number of nitrogens with one attached hydrogen (secondary N) is 3. The average Bonchev–Trinajstić information content (AvgIpc) is 3.44. The van der Waals surface area contributed by atoms with Crippen LogP contribution in [0.4, 0.5) is 4.79 Å². The van der Waals surface area contributed by atoms with Gasteiger partial charge in [0.05, 0.1) is 36.5 Å². The Kier molecular flexibility index (Phi) is 7.75. The summed E-state index contributed by atoms with van der Waals surface area (Å²) < 4.78 is 28.8. The normalized spacial score (nSPS) is 12.5. The minimum absolute atomic E-state index is 0.138. The van der Waals surface area contributed by atoms with Crippen LogP contribution in [0.1, 0.15) is 53.8 Å². The van der Waals surface area contributed by atoms with Crippen molar-refractivity contribution in [1.29, 1.82) is 0 Å². The minimum Gasteiger partial charge on any atom is -0.453 e. The molecule has 0 bridgehead atoms. The van der Waals surface area contributed by atoms with Crippen molar-refractivity contribution in [2.24, 2.45) is 0 Å². The number of imidazole rings is 1. The number of carbonyl (C=O) groups excluding carboxylic acids is 2. The Hall–Kier alpha value is -3.34. The van der Waals surface area contributed by atoms with Crippen molar-refractivity contribution in [1.82, 2.24) is 24.6 Å². The molecular formula is C22H29N5O5S. The van der Waals surface area contributed by atoms with Gasteiger partial charge in [0.2, 0.25) is 10.0 Å². The highest BCUT2D eigenvalue weighted by Crippen LogP contribution is 2.25. The highest BCUT2D eigenvalue weighted by molar-refractivity contribution is 7.89. The second kappa shape index (κ2) is 10.5. The van der Waals surface area contributed by atoms with Crippen LogP contribution in [0.15, 0.2) is 36.7 Å². The maximum absolute atomic E-state index is 12.4. The number of aromatic amines is 1. The lowest BCUT2D eigenvalue weighted by molar-refractivity contribution is 0.0950. The molecule has 1 atom stereocenters. The van der Waals surface area contributed by atoms with Crippen molar-refractivity contribution in [2.75, 3.05) is 19.9 Å². The number of methoxy groups -OCH3 is 1. The predicted molar refractivity (Wildman–Crippen MR) is 125 cm³/mol. The quantitative estimate of drug-likeness (QED) is 0.413. The van der Waals surface area contributed by atoms with Gasteiger partial charge in [0.25, 0.3) is 5.91 Å². The Morgan fingerprint density at radius 1 is 1.24 bits per heavy atom. The van der Waals surface area contributed by atoms with E-state index >= 15 is 0 Å². The number of hydrogen-bond acceptors (Lipinski definition) is 6. The Morgan fingerprint density at radius 2 is 2.03 bits per heavy atom. The Bertz CT molecular complexity index is 1230. The third-order valence-electron chi connectivity index (χ3n) is 5.34. The molecule has 0 aliphatic rings. The lowest BCUT2D eigenvalue weighted by Crippen LogP contribution is -2.28. The molecule has 0 aliphatic carbocycles. The van der Waals surface area contributed by atoms with Gasteiger partial charge in [0.15, 0.2) is 0 Å². The number of H-pyrrole nitrogens is 1. The van der Waals surface area contributed by atoms with Gasteiger partial charge in [0.1, 0.15) is 5.82 Å². The zero-order chi connectivity index (χ0) is 24.0. The number of ether oxygens (including phenoxy) is 1. The standard InChI is InChI=1S/C22H29N5O5S/c1-4-5-6-16(12-24-22(29)32-2)15-7-8-18-19(11-15)26-20(25-18)13-23-21(28)17-9-10-27(14-17)33(3,30)31/h7-11,14,16H,4-6,12-13H2,1-3H3,(H,23,28)(H,24,29)(H,25,26)/t16-/m1/s1. The van der Waals surface area contributed by atoms with Gasteiger partial charge in [-0.05, 0) is 30.2 Å². The van der Waals surface area contributed by atoms with Gasteiger partial charge < -0.3 is 20.4 Å². The lowest BCUT2D eigenvalue weighted by atomic mass is 9.93. The van der Waals surface area contributed by atoms with Crippen LogP contribution in [0.5, 0.6) is 0 Å². The molecule has 3 aromatic rings. The maximum Gasteiger partial charge on any atom is 0.406 e. The number of fused-ring (bicyclic) bond motifs is 1. The number of nitrogens with zero attached hydrogens (tertiary/aromatic N) is 2. The summed E-state index contributed by atoms with van der Waals surface area (Å²) in [5.74, 6) is 0.321. The summed E-state index contributed by atoms with van der Waals surface area (Å²) in [6.07, 6.45) is 6.23. The number of unbranched alkanes of at least 4 members (excludes halogenated alkanes) is 1. The molecule has 2 aromatic heterocycles. The van der Waals surface area contributed by atoms with Crippen molar-refractivity contribution in [3.05, 3.63) is 53.6 Å². The van der Waals surface area contributed by atoms with E-state index in [1.165, 1.54) is 25.6 Å². The molecule has 0 fully saturated rings. The van der Waals surface area contributed by atoms with E-state index in [2.05, 4.69) is 32.3 Å². The van der Waals surface area contributed by atoms with Crippen LogP contribution in [0.2, 0.25) is 0 Å². The molecule has 0 spiro atoms. The van der Waals surface area contributed by atoms with Crippen LogP contribution in [0.3, 0.4) is 0 Å². The van der Waals surface area contributed by atoms with Gasteiger partial charge in [-0.15, -0.1) is 0 Å². The number of hydrogen-bond donors (Lipinski definition) is 3. The molecule has 0 aliphatic heterocycles. The summed E-state index contributed by atoms with van der Waals surface area (Å²) >= 11 is 0. The fourth-order valence-corrected chi connectivity index (χ4v) is 4.10. The van der Waals surface area contributed by atoms with Crippen LogP contribution >= 0.6 is 0 Å². The Morgan fingerprint density at radius 3 is 2.70 bits per heavy atom. The summed E-state index contributed by atoms with van der Waals surface area (Å²) in [5, 5.41) is 5.52. The SMILES string of the molecule is CCCC[C@H](CNC(=O)OC)c1ccc2nc(CNC(=O)c3ccn(S(C)(=O)=O)c3)[nH]c2c1. The van der Waals surface area contributed by atoms with Crippen LogP contribution in [0.25, 0.3) is 11.0 Å². The largest absolute Gasteiger partial charge is 0.453 e. The lowest BCUT2D eigenvalue weighted by Gasteiger charge is -2.17. The van der Waals surface area contributed by atoms with E-state index in [4.69, 9.17) is 0 Å². The zero-order valence-electron chi connectivity index (χ0n) is 18.9. The van der Waals surface area contributed by atoms with Gasteiger partial charge in [0, 0.05) is 24.9 Å². The molecule has 2 heterocycles. The molecule has 0 saturated heterocycles. The van der Waals surface area contributed by atoms with E-state index in [9.17, 15) is 18.0 Å². The summed E-state index contributed by atoms with van der Waals surface area (Å²) in [5.41, 5.74) is 2.92. The summed E-state index contributed by atoms with van der Waals surface area (Å²) in [4.78, 5) is 31.6. The zero-order valence-corrected chi connectivity index (χ0v) is 19.7. The first-order chi connectivity index (χ1) is 15.7. The average molecular weight is 476 g/mol. The highest BCUT2D eigenvalue weighted by atomic mass is 32.2. The van der Waals surface area contributed by atoms with Crippen LogP contribution in [-0.4, -0.2) is 54.3 Å². The van der Waals surface area contributed by atoms with Crippen molar-refractivity contribution < 1.29 is 22.7 Å². The second-order valence-electron chi connectivity index (χ2n) is 7.85. The maximum atomic E-state index is 12.4. The monoisotopic (exact) mass is 475 g/mol. The van der Waals surface area contributed by atoms with Gasteiger partial charge >= 0.3 is 6.09 Å². The van der Waals surface area contributed by atoms with Gasteiger partial charge in [-0.3, -0.25) is 8.77 Å². The molecule has 1 aromatic carbocycles. The molecular weight excluding hydrogens is 446 g/mol. The second-order valence-corrected chi connectivity index (χ2v) is 9.74. The van der Waals surface area contributed by atoms with Crippen LogP contribution < -0.4 is 10.6 Å². The number of benzene rings is 1. The number of rotatable bonds is 10. The van der Waals surface area contributed by atoms with Crippen LogP contribution in [0, 0.1) is 0 Å². The van der Waals surface area contributed by atoms with E-state index in [-0.39, 0.29) is 18.0 Å². The highest BCUT2D eigenvalue weighted by Gasteiger charge is 2.16. The number of alkyl carbamates (subject to hydrolysis) is 1. The van der Waals surface area contributed by atoms with E-state index in [0.29, 0.717) is 12.4 Å². The third kappa shape index (κ3) is 6.35. The molecule has 2 amide bonds. The molecule has 178 valence electrons.